The van der Waals surface area contributed by atoms with Crippen LogP contribution in [0, 0.1) is 11.8 Å². The summed E-state index contributed by atoms with van der Waals surface area (Å²) in [5, 5.41) is 12.1. The van der Waals surface area contributed by atoms with Crippen LogP contribution in [0.15, 0.2) is 24.3 Å². The third-order valence-corrected chi connectivity index (χ3v) is 5.59. The highest BCUT2D eigenvalue weighted by Crippen LogP contribution is 2.51. The van der Waals surface area contributed by atoms with Gasteiger partial charge in [-0.1, -0.05) is 6.07 Å². The van der Waals surface area contributed by atoms with E-state index < -0.39 is 29.3 Å². The molecule has 4 fully saturated rings. The van der Waals surface area contributed by atoms with Gasteiger partial charge in [-0.3, -0.25) is 4.79 Å². The van der Waals surface area contributed by atoms with Gasteiger partial charge in [0.2, 0.25) is 0 Å². The van der Waals surface area contributed by atoms with Crippen molar-refractivity contribution in [3.63, 3.8) is 0 Å². The Hall–Kier alpha value is -1.60. The minimum atomic E-state index is -4.47. The van der Waals surface area contributed by atoms with Crippen LogP contribution >= 0.6 is 0 Å². The number of hydrogen-bond donors (Lipinski definition) is 2. The van der Waals surface area contributed by atoms with Gasteiger partial charge in [0, 0.05) is 0 Å². The maximum Gasteiger partial charge on any atom is 0.416 e. The normalized spacial score (nSPS) is 36.4. The van der Waals surface area contributed by atoms with Crippen molar-refractivity contribution in [3.8, 4) is 0 Å². The maximum atomic E-state index is 12.9. The fraction of sp³-hybridized carbons (Fsp3) is 0.562. The van der Waals surface area contributed by atoms with Crippen LogP contribution in [0.2, 0.25) is 0 Å². The van der Waals surface area contributed by atoms with Gasteiger partial charge in [0.05, 0.1) is 17.3 Å². The minimum Gasteiger partial charge on any atom is -0.378 e. The molecule has 0 unspecified atom stereocenters. The number of carbonyl (C=O) groups is 1. The number of aliphatic hydroxyl groups is 1. The lowest BCUT2D eigenvalue weighted by molar-refractivity contribution is -0.152. The van der Waals surface area contributed by atoms with Crippen LogP contribution in [-0.4, -0.2) is 22.7 Å². The second-order valence-corrected chi connectivity index (χ2v) is 6.73. The van der Waals surface area contributed by atoms with E-state index in [0.717, 1.165) is 42.8 Å². The maximum absolute atomic E-state index is 12.9. The van der Waals surface area contributed by atoms with Crippen LogP contribution in [0.5, 0.6) is 0 Å². The third-order valence-electron chi connectivity index (χ3n) is 5.59. The Morgan fingerprint density at radius 2 is 1.91 bits per heavy atom. The Kier molecular flexibility index (Phi) is 3.06. The predicted octanol–water partition coefficient (Wildman–Crippen LogP) is 2.48. The molecule has 1 aliphatic heterocycles. The summed E-state index contributed by atoms with van der Waals surface area (Å²) in [4.78, 5) is 12.7. The lowest BCUT2D eigenvalue weighted by Gasteiger charge is -2.48. The van der Waals surface area contributed by atoms with Gasteiger partial charge in [-0.15, -0.1) is 0 Å². The molecule has 1 saturated heterocycles. The van der Waals surface area contributed by atoms with E-state index in [1.807, 2.05) is 0 Å². The Bertz CT molecular complexity index is 655. The molecule has 0 radical (unpaired) electrons. The van der Waals surface area contributed by atoms with Crippen molar-refractivity contribution < 1.29 is 23.1 Å². The molecule has 4 nitrogen and oxygen atoms in total. The SMILES string of the molecule is O=C1N(c2cccc(C(F)(F)F)c2)N[C@H]2C3CCC(CC3)[C@@]12O. The van der Waals surface area contributed by atoms with Gasteiger partial charge in [-0.05, 0) is 55.7 Å². The number of nitrogens with one attached hydrogen (secondary N) is 1. The Morgan fingerprint density at radius 1 is 1.22 bits per heavy atom. The van der Waals surface area contributed by atoms with E-state index in [-0.39, 0.29) is 17.5 Å². The molecule has 1 aromatic rings. The topological polar surface area (TPSA) is 52.6 Å². The standard InChI is InChI=1S/C16H17F3N2O2/c17-16(18,19)11-2-1-3-12(8-11)21-14(22)15(23)10-6-4-9(5-7-10)13(15)20-21/h1-3,8-10,13,20,23H,4-7H2/t9?,10?,13-,15-/m0/s1. The van der Waals surface area contributed by atoms with E-state index in [1.54, 1.807) is 0 Å². The van der Waals surface area contributed by atoms with Crippen molar-refractivity contribution in [2.75, 3.05) is 5.01 Å². The van der Waals surface area contributed by atoms with Gasteiger partial charge in [-0.2, -0.15) is 13.2 Å². The number of rotatable bonds is 1. The van der Waals surface area contributed by atoms with Crippen LogP contribution < -0.4 is 10.4 Å². The second-order valence-electron chi connectivity index (χ2n) is 6.73. The van der Waals surface area contributed by atoms with Gasteiger partial charge in [0.15, 0.2) is 5.60 Å². The van der Waals surface area contributed by atoms with Crippen molar-refractivity contribution in [3.05, 3.63) is 29.8 Å². The molecule has 0 spiro atoms. The molecule has 4 aliphatic rings. The van der Waals surface area contributed by atoms with Gasteiger partial charge >= 0.3 is 6.18 Å². The van der Waals surface area contributed by atoms with Crippen molar-refractivity contribution in [1.29, 1.82) is 0 Å². The van der Waals surface area contributed by atoms with Crippen LogP contribution in [-0.2, 0) is 11.0 Å². The monoisotopic (exact) mass is 326 g/mol. The molecule has 5 rings (SSSR count). The first kappa shape index (κ1) is 15.0. The van der Waals surface area contributed by atoms with Crippen LogP contribution in [0.25, 0.3) is 0 Å². The Labute approximate surface area is 131 Å². The number of benzene rings is 1. The zero-order valence-corrected chi connectivity index (χ0v) is 12.3. The van der Waals surface area contributed by atoms with Gasteiger partial charge in [0.25, 0.3) is 5.91 Å². The van der Waals surface area contributed by atoms with Crippen LogP contribution in [0.3, 0.4) is 0 Å². The lowest BCUT2D eigenvalue weighted by Crippen LogP contribution is -2.61. The van der Waals surface area contributed by atoms with Gasteiger partial charge in [0.1, 0.15) is 0 Å². The summed E-state index contributed by atoms with van der Waals surface area (Å²) in [6.45, 7) is 0. The largest absolute Gasteiger partial charge is 0.416 e. The van der Waals surface area contributed by atoms with E-state index in [0.29, 0.717) is 0 Å². The first-order chi connectivity index (χ1) is 10.8. The van der Waals surface area contributed by atoms with E-state index in [4.69, 9.17) is 0 Å². The number of nitrogens with zero attached hydrogens (tertiary/aromatic N) is 1. The average Bonchev–Trinajstić information content (AvgIpc) is 2.82. The van der Waals surface area contributed by atoms with Crippen LogP contribution in [0.4, 0.5) is 18.9 Å². The molecule has 1 heterocycles. The number of fused-ring (bicyclic) bond motifs is 2. The molecule has 2 N–H and O–H groups in total. The summed E-state index contributed by atoms with van der Waals surface area (Å²) in [5.74, 6) is -0.464. The molecule has 7 heteroatoms. The van der Waals surface area contributed by atoms with Crippen LogP contribution in [0.1, 0.15) is 31.2 Å². The van der Waals surface area contributed by atoms with Crippen molar-refractivity contribution >= 4 is 11.6 Å². The molecule has 124 valence electrons. The molecule has 3 aliphatic carbocycles. The summed E-state index contributed by atoms with van der Waals surface area (Å²) in [6.07, 6.45) is -1.01. The first-order valence-electron chi connectivity index (χ1n) is 7.82. The fourth-order valence-electron chi connectivity index (χ4n) is 4.41. The molecule has 2 bridgehead atoms. The lowest BCUT2D eigenvalue weighted by atomic mass is 9.59. The molecule has 23 heavy (non-hydrogen) atoms. The highest BCUT2D eigenvalue weighted by atomic mass is 19.4. The summed E-state index contributed by atoms with van der Waals surface area (Å²) in [7, 11) is 0. The van der Waals surface area contributed by atoms with Crippen molar-refractivity contribution in [2.24, 2.45) is 11.8 Å². The molecule has 2 atom stereocenters. The third kappa shape index (κ3) is 2.03. The summed E-state index contributed by atoms with van der Waals surface area (Å²) in [5.41, 5.74) is 0.792. The average molecular weight is 326 g/mol. The highest BCUT2D eigenvalue weighted by molar-refractivity contribution is 6.02. The Morgan fingerprint density at radius 3 is 2.52 bits per heavy atom. The fourth-order valence-corrected chi connectivity index (χ4v) is 4.41. The molecule has 3 saturated carbocycles. The van der Waals surface area contributed by atoms with E-state index >= 15 is 0 Å². The quantitative estimate of drug-likeness (QED) is 0.834. The second kappa shape index (κ2) is 4.70. The summed E-state index contributed by atoms with van der Waals surface area (Å²) < 4.78 is 38.7. The highest BCUT2D eigenvalue weighted by Gasteiger charge is 2.64. The predicted molar refractivity (Wildman–Crippen MR) is 76.3 cm³/mol. The summed E-state index contributed by atoms with van der Waals surface area (Å²) in [6, 6.07) is 4.22. The van der Waals surface area contributed by atoms with Crippen molar-refractivity contribution in [2.45, 2.75) is 43.5 Å². The molecular formula is C16H17F3N2O2. The number of alkyl halides is 3. The summed E-state index contributed by atoms with van der Waals surface area (Å²) >= 11 is 0. The molecule has 0 aromatic heterocycles. The number of hydrogen-bond acceptors (Lipinski definition) is 3. The van der Waals surface area contributed by atoms with Gasteiger partial charge < -0.3 is 5.11 Å². The number of amides is 1. The number of hydrazine groups is 1. The van der Waals surface area contributed by atoms with Gasteiger partial charge in [-0.25, -0.2) is 10.4 Å². The molecule has 1 aromatic carbocycles. The number of halogens is 3. The van der Waals surface area contributed by atoms with E-state index in [9.17, 15) is 23.1 Å². The Balaban J connectivity index is 1.71. The minimum absolute atomic E-state index is 0.117. The van der Waals surface area contributed by atoms with Crippen molar-refractivity contribution in [1.82, 2.24) is 5.43 Å². The van der Waals surface area contributed by atoms with E-state index in [2.05, 4.69) is 5.43 Å². The number of anilines is 1. The zero-order valence-electron chi connectivity index (χ0n) is 12.3. The number of carbonyl (C=O) groups excluding carboxylic acids is 1. The van der Waals surface area contributed by atoms with E-state index in [1.165, 1.54) is 12.1 Å². The first-order valence-corrected chi connectivity index (χ1v) is 7.82. The zero-order chi connectivity index (χ0) is 16.4. The molecular weight excluding hydrogens is 309 g/mol. The molecule has 1 amide bonds. The smallest absolute Gasteiger partial charge is 0.378 e.